The molecule has 0 bridgehead atoms. The van der Waals surface area contributed by atoms with Crippen molar-refractivity contribution >= 4 is 17.9 Å². The van der Waals surface area contributed by atoms with Crippen LogP contribution in [0.15, 0.2) is 28.7 Å². The van der Waals surface area contributed by atoms with Gasteiger partial charge in [-0.3, -0.25) is 19.6 Å². The lowest BCUT2D eigenvalue weighted by Gasteiger charge is -2.05. The van der Waals surface area contributed by atoms with E-state index in [1.165, 1.54) is 29.8 Å². The number of aromatic nitrogens is 2. The van der Waals surface area contributed by atoms with Crippen molar-refractivity contribution in [3.63, 3.8) is 0 Å². The predicted molar refractivity (Wildman–Crippen MR) is 84.0 cm³/mol. The SMILES string of the molecule is Cc1cc(C(F)(F)F)nn1CCCNC(=O)/C=C/c1ccc([N+](=O)[O-])o1. The molecule has 0 atom stereocenters. The van der Waals surface area contributed by atoms with Crippen molar-refractivity contribution < 1.29 is 27.3 Å². The van der Waals surface area contributed by atoms with Crippen LogP contribution < -0.4 is 5.32 Å². The lowest BCUT2D eigenvalue weighted by molar-refractivity contribution is -0.402. The third-order valence-corrected chi connectivity index (χ3v) is 3.31. The van der Waals surface area contributed by atoms with Gasteiger partial charge in [-0.15, -0.1) is 0 Å². The van der Waals surface area contributed by atoms with Crippen molar-refractivity contribution in [1.82, 2.24) is 15.1 Å². The minimum Gasteiger partial charge on any atom is -0.401 e. The smallest absolute Gasteiger partial charge is 0.401 e. The monoisotopic (exact) mass is 372 g/mol. The average molecular weight is 372 g/mol. The van der Waals surface area contributed by atoms with Crippen LogP contribution in [0.2, 0.25) is 0 Å². The minimum absolute atomic E-state index is 0.152. The van der Waals surface area contributed by atoms with E-state index in [4.69, 9.17) is 4.42 Å². The standard InChI is InChI=1S/C15H15F3N4O4/c1-10-9-12(15(16,17)18)20-21(10)8-2-7-19-13(23)5-3-11-4-6-14(26-11)22(24)25/h3-6,9H,2,7-8H2,1H3,(H,19,23)/b5-3+. The van der Waals surface area contributed by atoms with Gasteiger partial charge in [-0.25, -0.2) is 0 Å². The first kappa shape index (κ1) is 19.2. The molecule has 1 amide bonds. The fourth-order valence-electron chi connectivity index (χ4n) is 2.06. The van der Waals surface area contributed by atoms with Crippen molar-refractivity contribution in [2.75, 3.05) is 6.54 Å². The van der Waals surface area contributed by atoms with E-state index in [2.05, 4.69) is 10.4 Å². The molecular formula is C15H15F3N4O4. The Morgan fingerprint density at radius 2 is 2.19 bits per heavy atom. The summed E-state index contributed by atoms with van der Waals surface area (Å²) in [6.45, 7) is 1.96. The van der Waals surface area contributed by atoms with Crippen LogP contribution in [-0.4, -0.2) is 27.2 Å². The van der Waals surface area contributed by atoms with Crippen LogP contribution in [0.5, 0.6) is 0 Å². The van der Waals surface area contributed by atoms with E-state index < -0.39 is 28.6 Å². The van der Waals surface area contributed by atoms with Crippen LogP contribution in [0.1, 0.15) is 23.6 Å². The Bertz CT molecular complexity index is 823. The highest BCUT2D eigenvalue weighted by Gasteiger charge is 2.34. The molecule has 140 valence electrons. The van der Waals surface area contributed by atoms with Crippen LogP contribution in [0, 0.1) is 17.0 Å². The quantitative estimate of drug-likeness (QED) is 0.348. The van der Waals surface area contributed by atoms with Crippen LogP contribution in [0.25, 0.3) is 6.08 Å². The number of amides is 1. The molecule has 0 aliphatic rings. The summed E-state index contributed by atoms with van der Waals surface area (Å²) in [5, 5.41) is 16.5. The van der Waals surface area contributed by atoms with E-state index in [-0.39, 0.29) is 18.8 Å². The molecule has 2 aromatic heterocycles. The second-order valence-electron chi connectivity index (χ2n) is 5.30. The second-order valence-corrected chi connectivity index (χ2v) is 5.30. The molecule has 0 fully saturated rings. The number of nitrogens with zero attached hydrogens (tertiary/aromatic N) is 3. The van der Waals surface area contributed by atoms with Gasteiger partial charge in [0.1, 0.15) is 10.7 Å². The van der Waals surface area contributed by atoms with E-state index in [0.29, 0.717) is 12.1 Å². The Balaban J connectivity index is 1.77. The van der Waals surface area contributed by atoms with Gasteiger partial charge in [-0.1, -0.05) is 0 Å². The summed E-state index contributed by atoms with van der Waals surface area (Å²) in [4.78, 5) is 21.4. The molecular weight excluding hydrogens is 357 g/mol. The Morgan fingerprint density at radius 1 is 1.46 bits per heavy atom. The zero-order valence-electron chi connectivity index (χ0n) is 13.6. The Hall–Kier alpha value is -3.11. The van der Waals surface area contributed by atoms with Gasteiger partial charge in [0.25, 0.3) is 0 Å². The van der Waals surface area contributed by atoms with Gasteiger partial charge in [0.2, 0.25) is 5.91 Å². The van der Waals surface area contributed by atoms with E-state index >= 15 is 0 Å². The Labute approximate surface area is 145 Å². The summed E-state index contributed by atoms with van der Waals surface area (Å²) in [5.74, 6) is -0.742. The van der Waals surface area contributed by atoms with Crippen molar-refractivity contribution in [2.45, 2.75) is 26.1 Å². The van der Waals surface area contributed by atoms with Crippen LogP contribution in [-0.2, 0) is 17.5 Å². The highest BCUT2D eigenvalue weighted by atomic mass is 19.4. The molecule has 0 aromatic carbocycles. The van der Waals surface area contributed by atoms with Gasteiger partial charge >= 0.3 is 12.1 Å². The first-order valence-electron chi connectivity index (χ1n) is 7.48. The maximum absolute atomic E-state index is 12.6. The molecule has 2 heterocycles. The third-order valence-electron chi connectivity index (χ3n) is 3.31. The molecule has 1 N–H and O–H groups in total. The van der Waals surface area contributed by atoms with E-state index in [9.17, 15) is 28.1 Å². The van der Waals surface area contributed by atoms with Crippen molar-refractivity contribution in [3.8, 4) is 0 Å². The summed E-state index contributed by atoms with van der Waals surface area (Å²) in [7, 11) is 0. The van der Waals surface area contributed by atoms with E-state index in [0.717, 1.165) is 12.1 Å². The number of halogens is 3. The molecule has 11 heteroatoms. The number of aryl methyl sites for hydroxylation is 2. The van der Waals surface area contributed by atoms with Crippen molar-refractivity contribution in [2.24, 2.45) is 0 Å². The molecule has 0 aliphatic carbocycles. The molecule has 2 aromatic rings. The third kappa shape index (κ3) is 5.19. The largest absolute Gasteiger partial charge is 0.435 e. The summed E-state index contributed by atoms with van der Waals surface area (Å²) < 4.78 is 43.8. The highest BCUT2D eigenvalue weighted by Crippen LogP contribution is 2.28. The summed E-state index contributed by atoms with van der Waals surface area (Å²) in [6.07, 6.45) is -1.69. The number of hydrogen-bond donors (Lipinski definition) is 1. The zero-order valence-corrected chi connectivity index (χ0v) is 13.6. The van der Waals surface area contributed by atoms with Crippen LogP contribution >= 0.6 is 0 Å². The van der Waals surface area contributed by atoms with E-state index in [1.807, 2.05) is 0 Å². The topological polar surface area (TPSA) is 103 Å². The van der Waals surface area contributed by atoms with Crippen molar-refractivity contribution in [3.05, 3.63) is 51.5 Å². The molecule has 8 nitrogen and oxygen atoms in total. The van der Waals surface area contributed by atoms with Crippen molar-refractivity contribution in [1.29, 1.82) is 0 Å². The van der Waals surface area contributed by atoms with Gasteiger partial charge in [-0.2, -0.15) is 18.3 Å². The summed E-state index contributed by atoms with van der Waals surface area (Å²) in [6, 6.07) is 3.48. The van der Waals surface area contributed by atoms with Crippen LogP contribution in [0.4, 0.5) is 19.1 Å². The fraction of sp³-hybridized carbons (Fsp3) is 0.333. The molecule has 0 unspecified atom stereocenters. The van der Waals surface area contributed by atoms with Gasteiger partial charge in [0.15, 0.2) is 5.69 Å². The molecule has 2 rings (SSSR count). The number of carbonyl (C=O) groups excluding carboxylic acids is 1. The molecule has 0 spiro atoms. The molecule has 26 heavy (non-hydrogen) atoms. The fourth-order valence-corrected chi connectivity index (χ4v) is 2.06. The van der Waals surface area contributed by atoms with Gasteiger partial charge in [0.05, 0.1) is 6.07 Å². The number of carbonyl (C=O) groups is 1. The summed E-state index contributed by atoms with van der Waals surface area (Å²) in [5.41, 5.74) is -0.572. The lowest BCUT2D eigenvalue weighted by atomic mass is 10.3. The number of nitro groups is 1. The summed E-state index contributed by atoms with van der Waals surface area (Å²) >= 11 is 0. The first-order valence-corrected chi connectivity index (χ1v) is 7.48. The maximum atomic E-state index is 12.6. The number of rotatable bonds is 7. The average Bonchev–Trinajstić information content (AvgIpc) is 3.16. The maximum Gasteiger partial charge on any atom is 0.435 e. The molecule has 0 radical (unpaired) electrons. The van der Waals surface area contributed by atoms with Gasteiger partial charge < -0.3 is 9.73 Å². The normalized spacial score (nSPS) is 11.8. The Morgan fingerprint density at radius 3 is 2.77 bits per heavy atom. The van der Waals surface area contributed by atoms with Gasteiger partial charge in [-0.05, 0) is 31.6 Å². The van der Waals surface area contributed by atoms with Crippen LogP contribution in [0.3, 0.4) is 0 Å². The molecule has 0 saturated heterocycles. The first-order chi connectivity index (χ1) is 12.2. The number of alkyl halides is 3. The molecule has 0 saturated carbocycles. The number of furan rings is 1. The predicted octanol–water partition coefficient (Wildman–Crippen LogP) is 2.93. The minimum atomic E-state index is -4.49. The molecule has 0 aliphatic heterocycles. The zero-order chi connectivity index (χ0) is 19.3. The lowest BCUT2D eigenvalue weighted by Crippen LogP contribution is -2.23. The number of nitrogens with one attached hydrogen (secondary N) is 1. The highest BCUT2D eigenvalue weighted by molar-refractivity contribution is 5.91. The second kappa shape index (κ2) is 7.85. The number of hydrogen-bond acceptors (Lipinski definition) is 5. The van der Waals surface area contributed by atoms with E-state index in [1.54, 1.807) is 0 Å². The van der Waals surface area contributed by atoms with Gasteiger partial charge in [0, 0.05) is 24.9 Å². The Kier molecular flexibility index (Phi) is 5.80.